The molecule has 0 fully saturated rings. The van der Waals surface area contributed by atoms with Crippen molar-refractivity contribution in [3.63, 3.8) is 0 Å². The molecule has 1 aromatic carbocycles. The second-order valence-electron chi connectivity index (χ2n) is 4.81. The van der Waals surface area contributed by atoms with Crippen LogP contribution < -0.4 is 5.14 Å². The number of aromatic nitrogens is 2. The summed E-state index contributed by atoms with van der Waals surface area (Å²) in [6.45, 7) is 0. The van der Waals surface area contributed by atoms with Crippen LogP contribution in [-0.2, 0) is 10.0 Å². The molecular weight excluding hydrogens is 380 g/mol. The number of hydrogen-bond donors (Lipinski definition) is 1. The average Bonchev–Trinajstić information content (AvgIpc) is 3.16. The molecule has 3 aromatic rings. The number of benzene rings is 1. The highest BCUT2D eigenvalue weighted by molar-refractivity contribution is 7.89. The van der Waals surface area contributed by atoms with Gasteiger partial charge in [-0.05, 0) is 35.9 Å². The van der Waals surface area contributed by atoms with Crippen LogP contribution in [0.25, 0.3) is 16.1 Å². The third-order valence-electron chi connectivity index (χ3n) is 3.24. The van der Waals surface area contributed by atoms with E-state index in [1.807, 2.05) is 0 Å². The number of nitrogens with two attached hydrogens (primary N) is 1. The molecule has 0 spiro atoms. The summed E-state index contributed by atoms with van der Waals surface area (Å²) in [5, 5.41) is 9.10. The van der Waals surface area contributed by atoms with Gasteiger partial charge in [0.1, 0.15) is 4.90 Å². The van der Waals surface area contributed by atoms with Crippen molar-refractivity contribution in [2.45, 2.75) is 11.3 Å². The van der Waals surface area contributed by atoms with Gasteiger partial charge in [0.2, 0.25) is 10.0 Å². The van der Waals surface area contributed by atoms with Gasteiger partial charge in [0, 0.05) is 22.8 Å². The third kappa shape index (κ3) is 3.20. The highest BCUT2D eigenvalue weighted by Gasteiger charge is 2.26. The van der Waals surface area contributed by atoms with Crippen molar-refractivity contribution >= 4 is 33.0 Å². The molecule has 2 N–H and O–H groups in total. The maximum atomic E-state index is 13.6. The van der Waals surface area contributed by atoms with E-state index in [4.69, 9.17) is 16.7 Å². The number of halogens is 3. The van der Waals surface area contributed by atoms with Crippen LogP contribution in [0.2, 0.25) is 4.34 Å². The van der Waals surface area contributed by atoms with E-state index in [-0.39, 0.29) is 5.69 Å². The Kier molecular flexibility index (Phi) is 4.43. The minimum absolute atomic E-state index is 0.260. The van der Waals surface area contributed by atoms with Crippen LogP contribution in [0, 0.1) is 0 Å². The van der Waals surface area contributed by atoms with Crippen LogP contribution in [0.4, 0.5) is 8.78 Å². The molecule has 0 aliphatic heterocycles. The van der Waals surface area contributed by atoms with Crippen molar-refractivity contribution in [3.05, 3.63) is 52.6 Å². The summed E-state index contributed by atoms with van der Waals surface area (Å²) < 4.78 is 52.7. The Morgan fingerprint density at radius 3 is 2.54 bits per heavy atom. The van der Waals surface area contributed by atoms with Crippen molar-refractivity contribution in [2.24, 2.45) is 5.14 Å². The molecule has 2 aromatic heterocycles. The van der Waals surface area contributed by atoms with Crippen molar-refractivity contribution in [3.8, 4) is 16.1 Å². The fraction of sp³-hybridized carbons (Fsp3) is 0.0714. The number of alkyl halides is 2. The van der Waals surface area contributed by atoms with Gasteiger partial charge in [0.15, 0.2) is 0 Å². The zero-order valence-corrected chi connectivity index (χ0v) is 14.2. The van der Waals surface area contributed by atoms with Crippen molar-refractivity contribution < 1.29 is 17.2 Å². The SMILES string of the molecule is NS(=O)(=O)c1cc(-c2ccc(Cl)s2)cc(C(F)F)c1-n1cccn1. The zero-order valence-electron chi connectivity index (χ0n) is 11.9. The predicted octanol–water partition coefficient (Wildman–Crippen LogP) is 3.84. The first-order valence-corrected chi connectivity index (χ1v) is 9.26. The van der Waals surface area contributed by atoms with E-state index < -0.39 is 26.9 Å². The quantitative estimate of drug-likeness (QED) is 0.736. The normalized spacial score (nSPS) is 12.0. The summed E-state index contributed by atoms with van der Waals surface area (Å²) >= 11 is 7.01. The van der Waals surface area contributed by atoms with Crippen LogP contribution in [0.15, 0.2) is 47.6 Å². The Morgan fingerprint density at radius 1 is 1.29 bits per heavy atom. The number of hydrogen-bond acceptors (Lipinski definition) is 4. The Balaban J connectivity index is 2.37. The molecule has 0 aliphatic rings. The van der Waals surface area contributed by atoms with Crippen LogP contribution >= 0.6 is 22.9 Å². The number of rotatable bonds is 4. The highest BCUT2D eigenvalue weighted by atomic mass is 35.5. The molecule has 24 heavy (non-hydrogen) atoms. The van der Waals surface area contributed by atoms with E-state index >= 15 is 0 Å². The van der Waals surface area contributed by atoms with Crippen LogP contribution in [0.3, 0.4) is 0 Å². The fourth-order valence-corrected chi connectivity index (χ4v) is 4.07. The van der Waals surface area contributed by atoms with Gasteiger partial charge in [-0.25, -0.2) is 27.0 Å². The maximum absolute atomic E-state index is 13.6. The van der Waals surface area contributed by atoms with E-state index in [9.17, 15) is 17.2 Å². The van der Waals surface area contributed by atoms with E-state index in [0.717, 1.165) is 16.0 Å². The van der Waals surface area contributed by atoms with Gasteiger partial charge >= 0.3 is 0 Å². The lowest BCUT2D eigenvalue weighted by Crippen LogP contribution is -2.17. The monoisotopic (exact) mass is 389 g/mol. The topological polar surface area (TPSA) is 78.0 Å². The first kappa shape index (κ1) is 17.0. The second kappa shape index (κ2) is 6.25. The molecule has 0 unspecified atom stereocenters. The van der Waals surface area contributed by atoms with Gasteiger partial charge in [-0.3, -0.25) is 0 Å². The third-order valence-corrected chi connectivity index (χ3v) is 5.44. The standard InChI is InChI=1S/C14H10ClF2N3O2S2/c15-12-3-2-10(23-12)8-6-9(14(16)17)13(20-5-1-4-19-20)11(7-8)24(18,21)22/h1-7,14H,(H2,18,21,22). The molecule has 0 atom stereocenters. The molecule has 0 bridgehead atoms. The molecular formula is C14H10ClF2N3O2S2. The van der Waals surface area contributed by atoms with Gasteiger partial charge in [0.25, 0.3) is 6.43 Å². The Hall–Kier alpha value is -1.81. The van der Waals surface area contributed by atoms with Crippen LogP contribution in [-0.4, -0.2) is 18.2 Å². The van der Waals surface area contributed by atoms with Crippen molar-refractivity contribution in [2.75, 3.05) is 0 Å². The molecule has 0 aliphatic carbocycles. The Bertz CT molecular complexity index is 986. The molecule has 0 saturated heterocycles. The summed E-state index contributed by atoms with van der Waals surface area (Å²) in [5.74, 6) is 0. The average molecular weight is 390 g/mol. The number of primary sulfonamides is 1. The zero-order chi connectivity index (χ0) is 17.5. The number of sulfonamides is 1. The maximum Gasteiger partial charge on any atom is 0.265 e. The minimum Gasteiger partial charge on any atom is -0.239 e. The summed E-state index contributed by atoms with van der Waals surface area (Å²) in [5.41, 5.74) is -0.448. The van der Waals surface area contributed by atoms with E-state index in [2.05, 4.69) is 5.10 Å². The lowest BCUT2D eigenvalue weighted by molar-refractivity contribution is 0.151. The van der Waals surface area contributed by atoms with E-state index in [0.29, 0.717) is 14.8 Å². The molecule has 2 heterocycles. The minimum atomic E-state index is -4.26. The molecule has 0 amide bonds. The first-order valence-electron chi connectivity index (χ1n) is 6.52. The highest BCUT2D eigenvalue weighted by Crippen LogP contribution is 2.38. The van der Waals surface area contributed by atoms with Gasteiger partial charge in [-0.1, -0.05) is 11.6 Å². The summed E-state index contributed by atoms with van der Waals surface area (Å²) in [6.07, 6.45) is -0.188. The predicted molar refractivity (Wildman–Crippen MR) is 88.2 cm³/mol. The molecule has 3 rings (SSSR count). The lowest BCUT2D eigenvalue weighted by atomic mass is 10.1. The van der Waals surface area contributed by atoms with Crippen LogP contribution in [0.1, 0.15) is 12.0 Å². The molecule has 126 valence electrons. The summed E-state index contributed by atoms with van der Waals surface area (Å²) in [4.78, 5) is 0.127. The molecule has 5 nitrogen and oxygen atoms in total. The van der Waals surface area contributed by atoms with Crippen LogP contribution in [0.5, 0.6) is 0 Å². The van der Waals surface area contributed by atoms with E-state index in [1.54, 1.807) is 12.1 Å². The largest absolute Gasteiger partial charge is 0.265 e. The van der Waals surface area contributed by atoms with Gasteiger partial charge < -0.3 is 0 Å². The number of nitrogens with zero attached hydrogens (tertiary/aromatic N) is 2. The molecule has 0 saturated carbocycles. The Labute approximate surface area is 145 Å². The van der Waals surface area contributed by atoms with Gasteiger partial charge in [0.05, 0.1) is 10.0 Å². The summed E-state index contributed by atoms with van der Waals surface area (Å²) in [7, 11) is -4.26. The Morgan fingerprint density at radius 2 is 2.04 bits per heavy atom. The van der Waals surface area contributed by atoms with Gasteiger partial charge in [-0.15, -0.1) is 11.3 Å². The van der Waals surface area contributed by atoms with Gasteiger partial charge in [-0.2, -0.15) is 5.10 Å². The molecule has 0 radical (unpaired) electrons. The lowest BCUT2D eigenvalue weighted by Gasteiger charge is -2.15. The fourth-order valence-electron chi connectivity index (χ4n) is 2.27. The second-order valence-corrected chi connectivity index (χ2v) is 8.06. The summed E-state index contributed by atoms with van der Waals surface area (Å²) in [6, 6.07) is 7.19. The first-order chi connectivity index (χ1) is 11.3. The van der Waals surface area contributed by atoms with Crippen molar-refractivity contribution in [1.29, 1.82) is 0 Å². The van der Waals surface area contributed by atoms with E-state index in [1.165, 1.54) is 30.6 Å². The molecule has 10 heteroatoms. The van der Waals surface area contributed by atoms with Crippen molar-refractivity contribution in [1.82, 2.24) is 9.78 Å². The number of thiophene rings is 1. The smallest absolute Gasteiger partial charge is 0.239 e.